The van der Waals surface area contributed by atoms with E-state index in [0.717, 1.165) is 4.90 Å². The van der Waals surface area contributed by atoms with E-state index in [4.69, 9.17) is 23.2 Å². The second-order valence-corrected chi connectivity index (χ2v) is 6.37. The van der Waals surface area contributed by atoms with Crippen LogP contribution in [0.5, 0.6) is 0 Å². The molecule has 120 valence electrons. The van der Waals surface area contributed by atoms with Crippen molar-refractivity contribution in [3.05, 3.63) is 58.1 Å². The van der Waals surface area contributed by atoms with E-state index in [1.807, 2.05) is 12.1 Å². The number of ether oxygens (including phenoxy) is 1. The van der Waals surface area contributed by atoms with Gasteiger partial charge in [0, 0.05) is 15.6 Å². The van der Waals surface area contributed by atoms with E-state index >= 15 is 0 Å². The molecule has 0 saturated carbocycles. The molecule has 2 aromatic carbocycles. The van der Waals surface area contributed by atoms with Gasteiger partial charge in [0.2, 0.25) is 5.91 Å². The maximum atomic E-state index is 12.0. The van der Waals surface area contributed by atoms with Crippen LogP contribution >= 0.6 is 35.0 Å². The summed E-state index contributed by atoms with van der Waals surface area (Å²) in [6.45, 7) is 0. The van der Waals surface area contributed by atoms with Gasteiger partial charge < -0.3 is 10.1 Å². The molecule has 0 aliphatic rings. The summed E-state index contributed by atoms with van der Waals surface area (Å²) in [6.07, 6.45) is 0. The molecule has 0 bridgehead atoms. The van der Waals surface area contributed by atoms with E-state index in [1.54, 1.807) is 18.2 Å². The van der Waals surface area contributed by atoms with Crippen molar-refractivity contribution in [2.24, 2.45) is 0 Å². The molecule has 2 rings (SSSR count). The average Bonchev–Trinajstić information content (AvgIpc) is 2.55. The normalized spacial score (nSPS) is 10.2. The maximum absolute atomic E-state index is 12.0. The summed E-state index contributed by atoms with van der Waals surface area (Å²) < 4.78 is 4.64. The summed E-state index contributed by atoms with van der Waals surface area (Å²) in [7, 11) is 1.27. The third-order valence-electron chi connectivity index (χ3n) is 2.84. The zero-order valence-corrected chi connectivity index (χ0v) is 14.5. The van der Waals surface area contributed by atoms with Crippen LogP contribution in [-0.4, -0.2) is 24.7 Å². The number of carbonyl (C=O) groups is 2. The van der Waals surface area contributed by atoms with Crippen LogP contribution in [0.2, 0.25) is 10.0 Å². The van der Waals surface area contributed by atoms with Gasteiger partial charge >= 0.3 is 5.97 Å². The molecule has 0 aromatic heterocycles. The van der Waals surface area contributed by atoms with E-state index in [2.05, 4.69) is 10.1 Å². The van der Waals surface area contributed by atoms with Gasteiger partial charge in [-0.15, -0.1) is 11.8 Å². The predicted octanol–water partition coefficient (Wildman–Crippen LogP) is 4.51. The van der Waals surface area contributed by atoms with E-state index in [0.29, 0.717) is 10.7 Å². The highest BCUT2D eigenvalue weighted by Gasteiger charge is 2.12. The van der Waals surface area contributed by atoms with Gasteiger partial charge in [-0.2, -0.15) is 0 Å². The minimum absolute atomic E-state index is 0.192. The van der Waals surface area contributed by atoms with E-state index in [1.165, 1.54) is 31.0 Å². The summed E-state index contributed by atoms with van der Waals surface area (Å²) in [5.41, 5.74) is 0.689. The van der Waals surface area contributed by atoms with Gasteiger partial charge in [-0.05, 0) is 42.5 Å². The Morgan fingerprint density at radius 3 is 2.48 bits per heavy atom. The molecule has 0 fully saturated rings. The number of anilines is 1. The lowest BCUT2D eigenvalue weighted by atomic mass is 10.2. The third kappa shape index (κ3) is 5.16. The lowest BCUT2D eigenvalue weighted by Gasteiger charge is -2.08. The van der Waals surface area contributed by atoms with Crippen LogP contribution in [0.1, 0.15) is 10.4 Å². The number of hydrogen-bond acceptors (Lipinski definition) is 4. The highest BCUT2D eigenvalue weighted by molar-refractivity contribution is 8.00. The van der Waals surface area contributed by atoms with Gasteiger partial charge in [0.1, 0.15) is 0 Å². The minimum Gasteiger partial charge on any atom is -0.465 e. The summed E-state index contributed by atoms with van der Waals surface area (Å²) in [6, 6.07) is 11.9. The molecule has 0 heterocycles. The smallest absolute Gasteiger partial charge is 0.339 e. The van der Waals surface area contributed by atoms with Gasteiger partial charge in [0.15, 0.2) is 0 Å². The summed E-state index contributed by atoms with van der Waals surface area (Å²) in [5.74, 6) is -0.512. The number of carbonyl (C=O) groups excluding carboxylic acids is 2. The van der Waals surface area contributed by atoms with Crippen molar-refractivity contribution >= 4 is 52.5 Å². The lowest BCUT2D eigenvalue weighted by molar-refractivity contribution is -0.113. The van der Waals surface area contributed by atoms with Crippen molar-refractivity contribution < 1.29 is 14.3 Å². The van der Waals surface area contributed by atoms with Gasteiger partial charge in [0.05, 0.1) is 23.4 Å². The quantitative estimate of drug-likeness (QED) is 0.622. The zero-order valence-electron chi connectivity index (χ0n) is 12.1. The second-order valence-electron chi connectivity index (χ2n) is 4.48. The van der Waals surface area contributed by atoms with Crippen LogP contribution in [0.4, 0.5) is 5.69 Å². The van der Waals surface area contributed by atoms with Crippen molar-refractivity contribution in [2.45, 2.75) is 4.90 Å². The number of methoxy groups -OCH3 is 1. The fourth-order valence-corrected chi connectivity index (χ4v) is 2.77. The molecule has 1 N–H and O–H groups in total. The Morgan fingerprint density at radius 2 is 1.83 bits per heavy atom. The Bertz CT molecular complexity index is 720. The van der Waals surface area contributed by atoms with Crippen molar-refractivity contribution in [2.75, 3.05) is 18.2 Å². The molecule has 0 unspecified atom stereocenters. The molecule has 2 aromatic rings. The summed E-state index contributed by atoms with van der Waals surface area (Å²) >= 11 is 13.1. The largest absolute Gasteiger partial charge is 0.465 e. The Labute approximate surface area is 148 Å². The maximum Gasteiger partial charge on any atom is 0.339 e. The minimum atomic E-state index is -0.554. The molecule has 23 heavy (non-hydrogen) atoms. The SMILES string of the molecule is COC(=O)c1cc(NC(=O)CSc2ccc(Cl)cc2)ccc1Cl. The number of nitrogens with one attached hydrogen (secondary N) is 1. The third-order valence-corrected chi connectivity index (χ3v) is 4.43. The van der Waals surface area contributed by atoms with Crippen LogP contribution < -0.4 is 5.32 Å². The standard InChI is InChI=1S/C16H13Cl2NO3S/c1-22-16(21)13-8-11(4-7-14(13)18)19-15(20)9-23-12-5-2-10(17)3-6-12/h2-8H,9H2,1H3,(H,19,20). The van der Waals surface area contributed by atoms with Gasteiger partial charge in [-0.25, -0.2) is 4.79 Å². The van der Waals surface area contributed by atoms with Crippen LogP contribution in [-0.2, 0) is 9.53 Å². The molecule has 1 amide bonds. The highest BCUT2D eigenvalue weighted by atomic mass is 35.5. The van der Waals surface area contributed by atoms with Crippen molar-refractivity contribution in [1.29, 1.82) is 0 Å². The number of hydrogen-bond donors (Lipinski definition) is 1. The topological polar surface area (TPSA) is 55.4 Å². The van der Waals surface area contributed by atoms with Gasteiger partial charge in [-0.3, -0.25) is 4.79 Å². The Balaban J connectivity index is 1.97. The number of halogens is 2. The average molecular weight is 370 g/mol. The molecular weight excluding hydrogens is 357 g/mol. The van der Waals surface area contributed by atoms with E-state index in [9.17, 15) is 9.59 Å². The molecular formula is C16H13Cl2NO3S. The summed E-state index contributed by atoms with van der Waals surface area (Å²) in [4.78, 5) is 24.5. The van der Waals surface area contributed by atoms with Crippen molar-refractivity contribution in [3.63, 3.8) is 0 Å². The van der Waals surface area contributed by atoms with Crippen molar-refractivity contribution in [1.82, 2.24) is 0 Å². The molecule has 0 atom stereocenters. The van der Waals surface area contributed by atoms with Crippen LogP contribution in [0, 0.1) is 0 Å². The number of amides is 1. The van der Waals surface area contributed by atoms with E-state index < -0.39 is 5.97 Å². The molecule has 7 heteroatoms. The number of rotatable bonds is 5. The first-order valence-corrected chi connectivity index (χ1v) is 8.30. The summed E-state index contributed by atoms with van der Waals surface area (Å²) in [5, 5.41) is 3.64. The Morgan fingerprint density at radius 1 is 1.13 bits per heavy atom. The first-order valence-electron chi connectivity index (χ1n) is 6.55. The molecule has 0 aliphatic carbocycles. The number of benzene rings is 2. The van der Waals surface area contributed by atoms with Gasteiger partial charge in [0.25, 0.3) is 0 Å². The predicted molar refractivity (Wildman–Crippen MR) is 93.6 cm³/mol. The molecule has 0 saturated heterocycles. The van der Waals surface area contributed by atoms with Crippen LogP contribution in [0.25, 0.3) is 0 Å². The number of esters is 1. The zero-order chi connectivity index (χ0) is 16.8. The Hall–Kier alpha value is -1.69. The Kier molecular flexibility index (Phi) is 6.33. The number of thioether (sulfide) groups is 1. The van der Waals surface area contributed by atoms with Gasteiger partial charge in [-0.1, -0.05) is 23.2 Å². The highest BCUT2D eigenvalue weighted by Crippen LogP contribution is 2.23. The first kappa shape index (κ1) is 17.7. The van der Waals surface area contributed by atoms with E-state index in [-0.39, 0.29) is 22.2 Å². The fourth-order valence-electron chi connectivity index (χ4n) is 1.75. The van der Waals surface area contributed by atoms with Crippen LogP contribution in [0.15, 0.2) is 47.4 Å². The second kappa shape index (κ2) is 8.24. The molecule has 0 radical (unpaired) electrons. The molecule has 4 nitrogen and oxygen atoms in total. The first-order chi connectivity index (χ1) is 11.0. The monoisotopic (exact) mass is 369 g/mol. The van der Waals surface area contributed by atoms with Crippen LogP contribution in [0.3, 0.4) is 0 Å². The fraction of sp³-hybridized carbons (Fsp3) is 0.125. The lowest BCUT2D eigenvalue weighted by Crippen LogP contribution is -2.14. The van der Waals surface area contributed by atoms with Crippen molar-refractivity contribution in [3.8, 4) is 0 Å². The molecule has 0 spiro atoms. The molecule has 0 aliphatic heterocycles.